The molecule has 0 spiro atoms. The van der Waals surface area contributed by atoms with Crippen LogP contribution in [0.2, 0.25) is 20.1 Å². The molecule has 0 fully saturated rings. The SMILES string of the molecule is Oc1c(Cl)cc(C(c2ccccc2)c2cc(Cl)c(O)c(Cl)c2)cc1Cl. The lowest BCUT2D eigenvalue weighted by Crippen LogP contribution is -2.04. The van der Waals surface area contributed by atoms with Crippen LogP contribution in [0, 0.1) is 0 Å². The summed E-state index contributed by atoms with van der Waals surface area (Å²) >= 11 is 24.4. The Bertz CT molecular complexity index is 822. The molecule has 0 aliphatic heterocycles. The van der Waals surface area contributed by atoms with Gasteiger partial charge in [-0.15, -0.1) is 0 Å². The van der Waals surface area contributed by atoms with Crippen molar-refractivity contribution in [2.45, 2.75) is 5.92 Å². The van der Waals surface area contributed by atoms with Crippen molar-refractivity contribution in [3.05, 3.63) is 91.4 Å². The molecule has 0 atom stereocenters. The third-order valence-corrected chi connectivity index (χ3v) is 5.03. The quantitative estimate of drug-likeness (QED) is 0.458. The molecular weight excluding hydrogens is 402 g/mol. The monoisotopic (exact) mass is 412 g/mol. The van der Waals surface area contributed by atoms with Crippen LogP contribution in [0.5, 0.6) is 11.5 Å². The minimum Gasteiger partial charge on any atom is -0.505 e. The van der Waals surface area contributed by atoms with Gasteiger partial charge in [-0.25, -0.2) is 0 Å². The van der Waals surface area contributed by atoms with Crippen molar-refractivity contribution in [2.24, 2.45) is 0 Å². The molecule has 0 saturated heterocycles. The van der Waals surface area contributed by atoms with Gasteiger partial charge in [0.15, 0.2) is 11.5 Å². The number of aromatic hydroxyl groups is 2. The zero-order valence-electron chi connectivity index (χ0n) is 12.7. The van der Waals surface area contributed by atoms with E-state index in [1.54, 1.807) is 24.3 Å². The fourth-order valence-electron chi connectivity index (χ4n) is 2.73. The number of rotatable bonds is 3. The van der Waals surface area contributed by atoms with Gasteiger partial charge in [-0.1, -0.05) is 76.7 Å². The summed E-state index contributed by atoms with van der Waals surface area (Å²) in [5, 5.41) is 20.3. The lowest BCUT2D eigenvalue weighted by atomic mass is 9.85. The average molecular weight is 414 g/mol. The summed E-state index contributed by atoms with van der Waals surface area (Å²) in [6, 6.07) is 16.2. The predicted molar refractivity (Wildman–Crippen MR) is 104 cm³/mol. The van der Waals surface area contributed by atoms with Crippen molar-refractivity contribution in [1.82, 2.24) is 0 Å². The standard InChI is InChI=1S/C19H12Cl4O2/c20-13-6-11(7-14(21)18(13)24)17(10-4-2-1-3-5-10)12-8-15(22)19(25)16(23)9-12/h1-9,17,24-25H. The molecule has 0 bridgehead atoms. The van der Waals surface area contributed by atoms with E-state index < -0.39 is 0 Å². The Balaban J connectivity index is 2.25. The van der Waals surface area contributed by atoms with Crippen LogP contribution in [-0.2, 0) is 0 Å². The van der Waals surface area contributed by atoms with Crippen LogP contribution in [0.4, 0.5) is 0 Å². The fraction of sp³-hybridized carbons (Fsp3) is 0.0526. The molecule has 0 heterocycles. The van der Waals surface area contributed by atoms with Crippen molar-refractivity contribution >= 4 is 46.4 Å². The Hall–Kier alpha value is -1.58. The molecule has 0 aromatic heterocycles. The molecule has 0 amide bonds. The van der Waals surface area contributed by atoms with Gasteiger partial charge in [0.25, 0.3) is 0 Å². The Labute approximate surface area is 165 Å². The number of hydrogen-bond donors (Lipinski definition) is 2. The smallest absolute Gasteiger partial charge is 0.152 e. The molecule has 0 aliphatic carbocycles. The third-order valence-electron chi connectivity index (χ3n) is 3.88. The highest BCUT2D eigenvalue weighted by molar-refractivity contribution is 6.37. The number of halogens is 4. The molecular formula is C19H12Cl4O2. The molecule has 6 heteroatoms. The van der Waals surface area contributed by atoms with Crippen LogP contribution in [0.15, 0.2) is 54.6 Å². The van der Waals surface area contributed by atoms with E-state index in [-0.39, 0.29) is 37.5 Å². The number of phenols is 2. The van der Waals surface area contributed by atoms with Crippen molar-refractivity contribution in [1.29, 1.82) is 0 Å². The average Bonchev–Trinajstić information content (AvgIpc) is 2.58. The molecule has 2 nitrogen and oxygen atoms in total. The maximum absolute atomic E-state index is 9.84. The lowest BCUT2D eigenvalue weighted by molar-refractivity contribution is 0.475. The molecule has 3 aromatic carbocycles. The van der Waals surface area contributed by atoms with Gasteiger partial charge in [-0.3, -0.25) is 0 Å². The van der Waals surface area contributed by atoms with Gasteiger partial charge in [-0.2, -0.15) is 0 Å². The summed E-state index contributed by atoms with van der Waals surface area (Å²) in [6.07, 6.45) is 0. The fourth-order valence-corrected chi connectivity index (χ4v) is 3.73. The van der Waals surface area contributed by atoms with E-state index in [4.69, 9.17) is 46.4 Å². The summed E-state index contributed by atoms with van der Waals surface area (Å²) in [7, 11) is 0. The molecule has 2 N–H and O–H groups in total. The second-order valence-corrected chi connectivity index (χ2v) is 7.14. The summed E-state index contributed by atoms with van der Waals surface area (Å²) < 4.78 is 0. The van der Waals surface area contributed by atoms with Crippen molar-refractivity contribution in [2.75, 3.05) is 0 Å². The highest BCUT2D eigenvalue weighted by Crippen LogP contribution is 2.42. The van der Waals surface area contributed by atoms with E-state index in [0.717, 1.165) is 16.7 Å². The second kappa shape index (κ2) is 7.35. The first-order valence-electron chi connectivity index (χ1n) is 7.29. The highest BCUT2D eigenvalue weighted by Gasteiger charge is 2.21. The Kier molecular flexibility index (Phi) is 5.35. The van der Waals surface area contributed by atoms with Gasteiger partial charge in [0.1, 0.15) is 0 Å². The molecule has 0 unspecified atom stereocenters. The summed E-state index contributed by atoms with van der Waals surface area (Å²) in [6.45, 7) is 0. The van der Waals surface area contributed by atoms with Crippen LogP contribution >= 0.6 is 46.4 Å². The van der Waals surface area contributed by atoms with E-state index in [1.165, 1.54) is 0 Å². The number of benzene rings is 3. The third kappa shape index (κ3) is 3.68. The maximum atomic E-state index is 9.84. The minimum atomic E-state index is -0.285. The van der Waals surface area contributed by atoms with Gasteiger partial charge < -0.3 is 10.2 Å². The molecule has 0 saturated carbocycles. The summed E-state index contributed by atoms with van der Waals surface area (Å²) in [5.74, 6) is -0.617. The zero-order valence-corrected chi connectivity index (χ0v) is 15.7. The Morgan fingerprint density at radius 1 is 0.560 bits per heavy atom. The number of phenolic OH excluding ortho intramolecular Hbond substituents is 2. The Morgan fingerprint density at radius 3 is 1.28 bits per heavy atom. The van der Waals surface area contributed by atoms with E-state index in [0.29, 0.717) is 0 Å². The lowest BCUT2D eigenvalue weighted by Gasteiger charge is -2.21. The van der Waals surface area contributed by atoms with Crippen molar-refractivity contribution in [3.63, 3.8) is 0 Å². The van der Waals surface area contributed by atoms with Crippen LogP contribution in [0.25, 0.3) is 0 Å². The molecule has 0 aliphatic rings. The normalized spacial score (nSPS) is 11.1. The molecule has 3 rings (SSSR count). The van der Waals surface area contributed by atoms with Gasteiger partial charge in [0, 0.05) is 5.92 Å². The van der Waals surface area contributed by atoms with Gasteiger partial charge in [0.2, 0.25) is 0 Å². The minimum absolute atomic E-state index is 0.152. The van der Waals surface area contributed by atoms with E-state index >= 15 is 0 Å². The summed E-state index contributed by atoms with van der Waals surface area (Å²) in [5.41, 5.74) is 2.48. The van der Waals surface area contributed by atoms with E-state index in [9.17, 15) is 10.2 Å². The first kappa shape index (κ1) is 18.2. The van der Waals surface area contributed by atoms with Crippen LogP contribution in [0.3, 0.4) is 0 Å². The highest BCUT2D eigenvalue weighted by atomic mass is 35.5. The topological polar surface area (TPSA) is 40.5 Å². The predicted octanol–water partition coefficient (Wildman–Crippen LogP) is 6.89. The van der Waals surface area contributed by atoms with Gasteiger partial charge >= 0.3 is 0 Å². The molecule has 128 valence electrons. The van der Waals surface area contributed by atoms with Gasteiger partial charge in [0.05, 0.1) is 20.1 Å². The zero-order chi connectivity index (χ0) is 18.1. The van der Waals surface area contributed by atoms with Gasteiger partial charge in [-0.05, 0) is 41.0 Å². The maximum Gasteiger partial charge on any atom is 0.152 e. The molecule has 25 heavy (non-hydrogen) atoms. The summed E-state index contributed by atoms with van der Waals surface area (Å²) in [4.78, 5) is 0. The van der Waals surface area contributed by atoms with Crippen molar-refractivity contribution in [3.8, 4) is 11.5 Å². The van der Waals surface area contributed by atoms with Crippen molar-refractivity contribution < 1.29 is 10.2 Å². The van der Waals surface area contributed by atoms with Crippen LogP contribution in [0.1, 0.15) is 22.6 Å². The van der Waals surface area contributed by atoms with Crippen LogP contribution in [-0.4, -0.2) is 10.2 Å². The number of hydrogen-bond acceptors (Lipinski definition) is 2. The Morgan fingerprint density at radius 2 is 0.920 bits per heavy atom. The molecule has 0 radical (unpaired) electrons. The first-order chi connectivity index (χ1) is 11.9. The second-order valence-electron chi connectivity index (χ2n) is 5.51. The molecule has 3 aromatic rings. The first-order valence-corrected chi connectivity index (χ1v) is 8.80. The largest absolute Gasteiger partial charge is 0.505 e. The van der Waals surface area contributed by atoms with Crippen LogP contribution < -0.4 is 0 Å². The van der Waals surface area contributed by atoms with E-state index in [2.05, 4.69) is 0 Å². The van der Waals surface area contributed by atoms with E-state index in [1.807, 2.05) is 30.3 Å².